The van der Waals surface area contributed by atoms with E-state index in [1.54, 1.807) is 0 Å². The quantitative estimate of drug-likeness (QED) is 0.175. The monoisotopic (exact) mass is 628 g/mol. The molecule has 0 radical (unpaired) electrons. The number of hydrogen-bond acceptors (Lipinski definition) is 3. The van der Waals surface area contributed by atoms with Crippen LogP contribution in [-0.2, 0) is 0 Å². The van der Waals surface area contributed by atoms with E-state index in [0.717, 1.165) is 72.6 Å². The summed E-state index contributed by atoms with van der Waals surface area (Å²) >= 11 is 0. The van der Waals surface area contributed by atoms with Gasteiger partial charge in [-0.05, 0) is 83.7 Å². The molecule has 0 aliphatic carbocycles. The highest BCUT2D eigenvalue weighted by Crippen LogP contribution is 2.43. The molecule has 0 fully saturated rings. The second-order valence-electron chi connectivity index (χ2n) is 12.2. The Morgan fingerprint density at radius 2 is 0.776 bits per heavy atom. The molecule has 0 atom stereocenters. The van der Waals surface area contributed by atoms with E-state index in [9.17, 15) is 0 Å². The smallest absolute Gasteiger partial charge is 0.143 e. The summed E-state index contributed by atoms with van der Waals surface area (Å²) in [6, 6.07) is 68.4. The van der Waals surface area contributed by atoms with E-state index >= 15 is 0 Å². The van der Waals surface area contributed by atoms with Gasteiger partial charge in [0.2, 0.25) is 0 Å². The van der Waals surface area contributed by atoms with Gasteiger partial charge in [-0.15, -0.1) is 0 Å². The number of anilines is 6. The third kappa shape index (κ3) is 5.18. The van der Waals surface area contributed by atoms with E-state index < -0.39 is 0 Å². The zero-order valence-corrected chi connectivity index (χ0v) is 26.8. The van der Waals surface area contributed by atoms with Gasteiger partial charge in [-0.2, -0.15) is 0 Å². The van der Waals surface area contributed by atoms with Crippen molar-refractivity contribution >= 4 is 66.8 Å². The van der Waals surface area contributed by atoms with Gasteiger partial charge < -0.3 is 14.2 Å². The summed E-state index contributed by atoms with van der Waals surface area (Å²) in [4.78, 5) is 4.63. The summed E-state index contributed by atoms with van der Waals surface area (Å²) in [6.45, 7) is 0. The molecule has 9 aromatic rings. The van der Waals surface area contributed by atoms with Gasteiger partial charge in [0.15, 0.2) is 0 Å². The van der Waals surface area contributed by atoms with E-state index in [1.165, 1.54) is 5.39 Å². The SMILES string of the molecule is c1ccc(N(c2ccccc2)c2cccc(N(c3ccccc3)c3cccc(-c4cccc5c4oc4c6ccccc6ccc54)c3)c2)cc1. The second kappa shape index (κ2) is 12.2. The number of rotatable bonds is 7. The summed E-state index contributed by atoms with van der Waals surface area (Å²) in [5.41, 5.74) is 10.5. The van der Waals surface area contributed by atoms with Crippen LogP contribution in [0.4, 0.5) is 34.1 Å². The second-order valence-corrected chi connectivity index (χ2v) is 12.2. The predicted octanol–water partition coefficient (Wildman–Crippen LogP) is 13.3. The lowest BCUT2D eigenvalue weighted by atomic mass is 10.0. The lowest BCUT2D eigenvalue weighted by Crippen LogP contribution is -2.13. The molecule has 0 bridgehead atoms. The Morgan fingerprint density at radius 3 is 1.43 bits per heavy atom. The molecule has 1 heterocycles. The molecule has 0 amide bonds. The predicted molar refractivity (Wildman–Crippen MR) is 206 cm³/mol. The van der Waals surface area contributed by atoms with Crippen molar-refractivity contribution in [3.05, 3.63) is 194 Å². The van der Waals surface area contributed by atoms with Gasteiger partial charge in [0.25, 0.3) is 0 Å². The van der Waals surface area contributed by atoms with Crippen LogP contribution >= 0.6 is 0 Å². The molecule has 0 unspecified atom stereocenters. The normalized spacial score (nSPS) is 11.3. The molecule has 232 valence electrons. The van der Waals surface area contributed by atoms with Crippen LogP contribution in [0.25, 0.3) is 43.8 Å². The minimum absolute atomic E-state index is 0.903. The van der Waals surface area contributed by atoms with E-state index in [0.29, 0.717) is 0 Å². The fourth-order valence-electron chi connectivity index (χ4n) is 6.96. The van der Waals surface area contributed by atoms with Crippen molar-refractivity contribution in [3.63, 3.8) is 0 Å². The first-order valence-corrected chi connectivity index (χ1v) is 16.6. The third-order valence-electron chi connectivity index (χ3n) is 9.19. The van der Waals surface area contributed by atoms with Crippen LogP contribution in [0.1, 0.15) is 0 Å². The number of hydrogen-bond donors (Lipinski definition) is 0. The van der Waals surface area contributed by atoms with Crippen LogP contribution in [0, 0.1) is 0 Å². The van der Waals surface area contributed by atoms with Crippen LogP contribution in [0.2, 0.25) is 0 Å². The number of para-hydroxylation sites is 4. The van der Waals surface area contributed by atoms with E-state index in [1.807, 2.05) is 0 Å². The Balaban J connectivity index is 1.19. The van der Waals surface area contributed by atoms with Gasteiger partial charge in [-0.25, -0.2) is 0 Å². The van der Waals surface area contributed by atoms with Crippen LogP contribution < -0.4 is 9.80 Å². The van der Waals surface area contributed by atoms with Crippen LogP contribution in [0.15, 0.2) is 199 Å². The average molecular weight is 629 g/mol. The topological polar surface area (TPSA) is 19.6 Å². The largest absolute Gasteiger partial charge is 0.455 e. The molecular weight excluding hydrogens is 597 g/mol. The highest BCUT2D eigenvalue weighted by Gasteiger charge is 2.19. The summed E-state index contributed by atoms with van der Waals surface area (Å²) in [5, 5.41) is 4.57. The first kappa shape index (κ1) is 28.6. The number of nitrogens with zero attached hydrogens (tertiary/aromatic N) is 2. The molecule has 0 N–H and O–H groups in total. The van der Waals surface area contributed by atoms with Gasteiger partial charge in [-0.1, -0.05) is 121 Å². The standard InChI is InChI=1S/C46H32N2O/c1-4-17-35(18-5-1)47(36-19-6-2-7-20-36)39-24-13-25-40(32-39)48(37-21-8-3-9-22-37)38-23-12-16-34(31-38)42-27-14-28-43-44-30-29-33-15-10-11-26-41(33)45(44)49-46(42)43/h1-32H. The van der Waals surface area contributed by atoms with Crippen LogP contribution in [-0.4, -0.2) is 0 Å². The Labute approximate surface area is 285 Å². The average Bonchev–Trinajstić information content (AvgIpc) is 3.56. The number of fused-ring (bicyclic) bond motifs is 5. The Kier molecular flexibility index (Phi) is 7.14. The minimum Gasteiger partial charge on any atom is -0.455 e. The third-order valence-corrected chi connectivity index (χ3v) is 9.19. The van der Waals surface area contributed by atoms with Gasteiger partial charge in [0, 0.05) is 55.8 Å². The van der Waals surface area contributed by atoms with E-state index in [-0.39, 0.29) is 0 Å². The first-order valence-electron chi connectivity index (χ1n) is 16.6. The number of furan rings is 1. The summed E-state index contributed by atoms with van der Waals surface area (Å²) in [5.74, 6) is 0. The van der Waals surface area contributed by atoms with Crippen LogP contribution in [0.5, 0.6) is 0 Å². The maximum absolute atomic E-state index is 6.73. The van der Waals surface area contributed by atoms with Crippen molar-refractivity contribution in [2.24, 2.45) is 0 Å². The summed E-state index contributed by atoms with van der Waals surface area (Å²) < 4.78 is 6.73. The molecule has 0 aliphatic heterocycles. The van der Waals surface area contributed by atoms with Gasteiger partial charge in [0.1, 0.15) is 11.2 Å². The Morgan fingerprint density at radius 1 is 0.306 bits per heavy atom. The highest BCUT2D eigenvalue weighted by molar-refractivity contribution is 6.17. The fraction of sp³-hybridized carbons (Fsp3) is 0. The zero-order valence-electron chi connectivity index (χ0n) is 26.8. The van der Waals surface area contributed by atoms with Crippen molar-refractivity contribution in [1.29, 1.82) is 0 Å². The van der Waals surface area contributed by atoms with Gasteiger partial charge in [0.05, 0.1) is 0 Å². The van der Waals surface area contributed by atoms with Crippen molar-refractivity contribution in [1.82, 2.24) is 0 Å². The summed E-state index contributed by atoms with van der Waals surface area (Å²) in [7, 11) is 0. The minimum atomic E-state index is 0.903. The molecule has 0 aliphatic rings. The molecule has 3 nitrogen and oxygen atoms in total. The van der Waals surface area contributed by atoms with E-state index in [2.05, 4.69) is 204 Å². The zero-order chi connectivity index (χ0) is 32.6. The lowest BCUT2D eigenvalue weighted by molar-refractivity contribution is 0.674. The molecule has 49 heavy (non-hydrogen) atoms. The van der Waals surface area contributed by atoms with E-state index in [4.69, 9.17) is 4.42 Å². The molecule has 0 saturated carbocycles. The first-order chi connectivity index (χ1) is 24.3. The van der Waals surface area contributed by atoms with Crippen molar-refractivity contribution < 1.29 is 4.42 Å². The molecule has 0 saturated heterocycles. The van der Waals surface area contributed by atoms with Gasteiger partial charge >= 0.3 is 0 Å². The molecule has 8 aromatic carbocycles. The molecule has 1 aromatic heterocycles. The van der Waals surface area contributed by atoms with Crippen LogP contribution in [0.3, 0.4) is 0 Å². The maximum Gasteiger partial charge on any atom is 0.143 e. The molecule has 0 spiro atoms. The Bertz CT molecular complexity index is 2520. The highest BCUT2D eigenvalue weighted by atomic mass is 16.3. The van der Waals surface area contributed by atoms with Crippen molar-refractivity contribution in [2.45, 2.75) is 0 Å². The number of benzene rings is 8. The molecule has 3 heteroatoms. The summed E-state index contributed by atoms with van der Waals surface area (Å²) in [6.07, 6.45) is 0. The Hall–Kier alpha value is -6.58. The maximum atomic E-state index is 6.73. The molecule has 9 rings (SSSR count). The molecular formula is C46H32N2O. The van der Waals surface area contributed by atoms with Crippen molar-refractivity contribution in [3.8, 4) is 11.1 Å². The van der Waals surface area contributed by atoms with Gasteiger partial charge in [-0.3, -0.25) is 0 Å². The lowest BCUT2D eigenvalue weighted by Gasteiger charge is -2.29. The fourth-order valence-corrected chi connectivity index (χ4v) is 6.96. The van der Waals surface area contributed by atoms with Crippen molar-refractivity contribution in [2.75, 3.05) is 9.80 Å².